The highest BCUT2D eigenvalue weighted by Crippen LogP contribution is 2.18. The topological polar surface area (TPSA) is 72.9 Å². The average molecular weight is 319 g/mol. The molecule has 6 heteroatoms. The Kier molecular flexibility index (Phi) is 6.14. The summed E-state index contributed by atoms with van der Waals surface area (Å²) in [6, 6.07) is 9.23. The molecular formula is C17H21NO5. The van der Waals surface area contributed by atoms with Gasteiger partial charge in [-0.05, 0) is 18.4 Å². The first-order chi connectivity index (χ1) is 11.1. The Morgan fingerprint density at radius 3 is 2.39 bits per heavy atom. The molecule has 0 aliphatic carbocycles. The van der Waals surface area contributed by atoms with Gasteiger partial charge in [0.1, 0.15) is 0 Å². The van der Waals surface area contributed by atoms with E-state index in [1.807, 2.05) is 30.3 Å². The molecule has 6 nitrogen and oxygen atoms in total. The summed E-state index contributed by atoms with van der Waals surface area (Å²) >= 11 is 0. The lowest BCUT2D eigenvalue weighted by molar-refractivity contribution is -0.153. The van der Waals surface area contributed by atoms with E-state index in [1.165, 1.54) is 7.11 Å². The maximum absolute atomic E-state index is 12.0. The fourth-order valence-electron chi connectivity index (χ4n) is 2.58. The minimum absolute atomic E-state index is 0.148. The molecule has 1 aliphatic rings. The number of methoxy groups -OCH3 is 1. The van der Waals surface area contributed by atoms with Gasteiger partial charge in [0.2, 0.25) is 0 Å². The molecule has 0 bridgehead atoms. The van der Waals surface area contributed by atoms with Crippen molar-refractivity contribution in [2.75, 3.05) is 26.8 Å². The van der Waals surface area contributed by atoms with E-state index in [2.05, 4.69) is 0 Å². The van der Waals surface area contributed by atoms with Crippen molar-refractivity contribution in [3.8, 4) is 0 Å². The van der Waals surface area contributed by atoms with E-state index < -0.39 is 5.97 Å². The van der Waals surface area contributed by atoms with Crippen LogP contribution in [0.15, 0.2) is 30.3 Å². The number of amides is 1. The molecule has 1 saturated heterocycles. The van der Waals surface area contributed by atoms with Crippen LogP contribution < -0.4 is 0 Å². The minimum Gasteiger partial charge on any atom is -0.469 e. The number of carbonyl (C=O) groups excluding carboxylic acids is 3. The number of esters is 2. The van der Waals surface area contributed by atoms with Crippen molar-refractivity contribution in [2.24, 2.45) is 5.92 Å². The Hall–Kier alpha value is -2.37. The van der Waals surface area contributed by atoms with E-state index in [0.29, 0.717) is 25.9 Å². The van der Waals surface area contributed by atoms with Gasteiger partial charge in [-0.3, -0.25) is 14.4 Å². The Bertz CT molecular complexity index is 549. The maximum atomic E-state index is 12.0. The van der Waals surface area contributed by atoms with E-state index in [0.717, 1.165) is 5.56 Å². The third-order valence-electron chi connectivity index (χ3n) is 3.93. The Balaban J connectivity index is 1.71. The Morgan fingerprint density at radius 1 is 1.13 bits per heavy atom. The smallest absolute Gasteiger partial charge is 0.310 e. The van der Waals surface area contributed by atoms with Gasteiger partial charge in [-0.1, -0.05) is 30.3 Å². The zero-order valence-electron chi connectivity index (χ0n) is 13.2. The molecule has 0 unspecified atom stereocenters. The van der Waals surface area contributed by atoms with Crippen LogP contribution in [-0.4, -0.2) is 49.6 Å². The number of likely N-dealkylation sites (tertiary alicyclic amines) is 1. The number of carbonyl (C=O) groups is 3. The van der Waals surface area contributed by atoms with Gasteiger partial charge in [0, 0.05) is 13.1 Å². The first-order valence-electron chi connectivity index (χ1n) is 7.65. The molecule has 0 saturated carbocycles. The summed E-state index contributed by atoms with van der Waals surface area (Å²) in [4.78, 5) is 36.8. The van der Waals surface area contributed by atoms with Crippen LogP contribution in [0.2, 0.25) is 0 Å². The molecule has 0 radical (unpaired) electrons. The quantitative estimate of drug-likeness (QED) is 0.762. The number of nitrogens with zero attached hydrogens (tertiary/aromatic N) is 1. The first-order valence-corrected chi connectivity index (χ1v) is 7.65. The summed E-state index contributed by atoms with van der Waals surface area (Å²) in [7, 11) is 1.37. The Morgan fingerprint density at radius 2 is 1.78 bits per heavy atom. The lowest BCUT2D eigenvalue weighted by Gasteiger charge is -2.30. The molecule has 23 heavy (non-hydrogen) atoms. The molecule has 2 rings (SSSR count). The number of hydrogen-bond acceptors (Lipinski definition) is 5. The standard InChI is InChI=1S/C17H21NO5/c1-22-17(21)14-7-9-18(10-8-14)15(19)12-23-16(20)11-13-5-3-2-4-6-13/h2-6,14H,7-12H2,1H3. The van der Waals surface area contributed by atoms with Crippen molar-refractivity contribution in [1.82, 2.24) is 4.90 Å². The number of rotatable bonds is 5. The van der Waals surface area contributed by atoms with E-state index in [-0.39, 0.29) is 30.8 Å². The van der Waals surface area contributed by atoms with Crippen molar-refractivity contribution in [3.05, 3.63) is 35.9 Å². The lowest BCUT2D eigenvalue weighted by Crippen LogP contribution is -2.42. The van der Waals surface area contributed by atoms with Gasteiger partial charge in [-0.15, -0.1) is 0 Å². The second-order valence-electron chi connectivity index (χ2n) is 5.50. The van der Waals surface area contributed by atoms with Crippen molar-refractivity contribution in [2.45, 2.75) is 19.3 Å². The SMILES string of the molecule is COC(=O)C1CCN(C(=O)COC(=O)Cc2ccccc2)CC1. The first kappa shape index (κ1) is 17.0. The van der Waals surface area contributed by atoms with Crippen molar-refractivity contribution >= 4 is 17.8 Å². The third kappa shape index (κ3) is 5.09. The van der Waals surface area contributed by atoms with Crippen LogP contribution in [0.25, 0.3) is 0 Å². The molecule has 1 aromatic rings. The predicted octanol–water partition coefficient (Wildman–Crippen LogP) is 1.18. The summed E-state index contributed by atoms with van der Waals surface area (Å²) in [5.41, 5.74) is 0.851. The van der Waals surface area contributed by atoms with E-state index in [9.17, 15) is 14.4 Å². The fourth-order valence-corrected chi connectivity index (χ4v) is 2.58. The Labute approximate surface area is 135 Å². The van der Waals surface area contributed by atoms with E-state index >= 15 is 0 Å². The number of hydrogen-bond donors (Lipinski definition) is 0. The molecule has 124 valence electrons. The third-order valence-corrected chi connectivity index (χ3v) is 3.93. The molecule has 1 amide bonds. The normalized spacial score (nSPS) is 15.1. The van der Waals surface area contributed by atoms with Crippen LogP contribution in [0.1, 0.15) is 18.4 Å². The number of piperidine rings is 1. The van der Waals surface area contributed by atoms with Gasteiger partial charge in [-0.25, -0.2) is 0 Å². The summed E-state index contributed by atoms with van der Waals surface area (Å²) in [5.74, 6) is -1.03. The monoisotopic (exact) mass is 319 g/mol. The second-order valence-corrected chi connectivity index (χ2v) is 5.50. The molecule has 1 aliphatic heterocycles. The minimum atomic E-state index is -0.422. The molecule has 1 aromatic carbocycles. The molecule has 0 N–H and O–H groups in total. The number of benzene rings is 1. The van der Waals surface area contributed by atoms with Crippen LogP contribution in [0, 0.1) is 5.92 Å². The maximum Gasteiger partial charge on any atom is 0.310 e. The highest BCUT2D eigenvalue weighted by Gasteiger charge is 2.28. The summed E-state index contributed by atoms with van der Waals surface area (Å²) in [6.45, 7) is 0.707. The van der Waals surface area contributed by atoms with E-state index in [1.54, 1.807) is 4.90 Å². The molecule has 0 aromatic heterocycles. The van der Waals surface area contributed by atoms with Crippen molar-refractivity contribution < 1.29 is 23.9 Å². The lowest BCUT2D eigenvalue weighted by atomic mass is 9.97. The van der Waals surface area contributed by atoms with Crippen LogP contribution in [-0.2, 0) is 30.3 Å². The summed E-state index contributed by atoms with van der Waals surface area (Å²) < 4.78 is 9.74. The van der Waals surface area contributed by atoms with Gasteiger partial charge >= 0.3 is 11.9 Å². The molecule has 0 atom stereocenters. The highest BCUT2D eigenvalue weighted by atomic mass is 16.5. The van der Waals surface area contributed by atoms with Crippen LogP contribution in [0.3, 0.4) is 0 Å². The summed E-state index contributed by atoms with van der Waals surface area (Å²) in [6.07, 6.45) is 1.31. The van der Waals surface area contributed by atoms with Gasteiger partial charge in [0.05, 0.1) is 19.4 Å². The highest BCUT2D eigenvalue weighted by molar-refractivity contribution is 5.81. The zero-order valence-corrected chi connectivity index (χ0v) is 13.2. The van der Waals surface area contributed by atoms with Crippen molar-refractivity contribution in [1.29, 1.82) is 0 Å². The molecule has 0 spiro atoms. The van der Waals surface area contributed by atoms with Gasteiger partial charge in [0.25, 0.3) is 5.91 Å². The van der Waals surface area contributed by atoms with Gasteiger partial charge < -0.3 is 14.4 Å². The van der Waals surface area contributed by atoms with Crippen LogP contribution in [0.4, 0.5) is 0 Å². The van der Waals surface area contributed by atoms with Crippen molar-refractivity contribution in [3.63, 3.8) is 0 Å². The largest absolute Gasteiger partial charge is 0.469 e. The van der Waals surface area contributed by atoms with E-state index in [4.69, 9.17) is 9.47 Å². The molecule has 1 fully saturated rings. The average Bonchev–Trinajstić information content (AvgIpc) is 2.60. The predicted molar refractivity (Wildman–Crippen MR) is 82.4 cm³/mol. The fraction of sp³-hybridized carbons (Fsp3) is 0.471. The van der Waals surface area contributed by atoms with Crippen LogP contribution in [0.5, 0.6) is 0 Å². The number of ether oxygens (including phenoxy) is 2. The van der Waals surface area contributed by atoms with Crippen LogP contribution >= 0.6 is 0 Å². The summed E-state index contributed by atoms with van der Waals surface area (Å²) in [5, 5.41) is 0. The molecular weight excluding hydrogens is 298 g/mol. The second kappa shape index (κ2) is 8.31. The molecule has 1 heterocycles. The zero-order chi connectivity index (χ0) is 16.7. The van der Waals surface area contributed by atoms with Gasteiger partial charge in [-0.2, -0.15) is 0 Å². The van der Waals surface area contributed by atoms with Gasteiger partial charge in [0.15, 0.2) is 6.61 Å².